The van der Waals surface area contributed by atoms with E-state index >= 15 is 0 Å². The molecule has 0 atom stereocenters. The first-order chi connectivity index (χ1) is 8.88. The van der Waals surface area contributed by atoms with Gasteiger partial charge in [0.25, 0.3) is 0 Å². The summed E-state index contributed by atoms with van der Waals surface area (Å²) in [5, 5.41) is 9.50. The smallest absolute Gasteiger partial charge is 0.219 e. The molecule has 0 aliphatic heterocycles. The SMILES string of the molecule is CC(C)(C)c1ccc(Oc2cccc(O)c2N)nc1. The van der Waals surface area contributed by atoms with Gasteiger partial charge in [-0.1, -0.05) is 32.9 Å². The summed E-state index contributed by atoms with van der Waals surface area (Å²) >= 11 is 0. The molecular formula is C15H18N2O2. The van der Waals surface area contributed by atoms with Crippen molar-refractivity contribution in [3.63, 3.8) is 0 Å². The van der Waals surface area contributed by atoms with Gasteiger partial charge in [-0.3, -0.25) is 0 Å². The summed E-state index contributed by atoms with van der Waals surface area (Å²) in [4.78, 5) is 4.25. The van der Waals surface area contributed by atoms with Crippen molar-refractivity contribution in [1.82, 2.24) is 4.98 Å². The molecule has 1 aromatic heterocycles. The van der Waals surface area contributed by atoms with Gasteiger partial charge in [0, 0.05) is 12.3 Å². The molecule has 2 aromatic rings. The van der Waals surface area contributed by atoms with Crippen molar-refractivity contribution in [3.05, 3.63) is 42.1 Å². The first-order valence-electron chi connectivity index (χ1n) is 6.10. The normalized spacial score (nSPS) is 11.3. The zero-order valence-corrected chi connectivity index (χ0v) is 11.3. The lowest BCUT2D eigenvalue weighted by Crippen LogP contribution is -2.11. The average molecular weight is 258 g/mol. The molecular weight excluding hydrogens is 240 g/mol. The third kappa shape index (κ3) is 2.96. The number of rotatable bonds is 2. The molecule has 4 heteroatoms. The second-order valence-corrected chi connectivity index (χ2v) is 5.43. The molecule has 0 amide bonds. The number of benzene rings is 1. The van der Waals surface area contributed by atoms with Crippen molar-refractivity contribution in [3.8, 4) is 17.4 Å². The molecule has 19 heavy (non-hydrogen) atoms. The number of ether oxygens (including phenoxy) is 1. The zero-order valence-electron chi connectivity index (χ0n) is 11.3. The topological polar surface area (TPSA) is 68.4 Å². The first-order valence-corrected chi connectivity index (χ1v) is 6.10. The number of phenols is 1. The van der Waals surface area contributed by atoms with Crippen molar-refractivity contribution < 1.29 is 9.84 Å². The minimum Gasteiger partial charge on any atom is -0.506 e. The molecule has 2 rings (SSSR count). The van der Waals surface area contributed by atoms with E-state index in [-0.39, 0.29) is 16.9 Å². The molecule has 1 heterocycles. The molecule has 0 unspecified atom stereocenters. The first kappa shape index (κ1) is 13.2. The van der Waals surface area contributed by atoms with Gasteiger partial charge in [0.1, 0.15) is 11.4 Å². The number of nitrogen functional groups attached to an aromatic ring is 1. The number of aromatic nitrogens is 1. The van der Waals surface area contributed by atoms with E-state index in [2.05, 4.69) is 25.8 Å². The summed E-state index contributed by atoms with van der Waals surface area (Å²) in [6, 6.07) is 8.64. The van der Waals surface area contributed by atoms with E-state index in [9.17, 15) is 5.11 Å². The maximum atomic E-state index is 9.50. The molecule has 100 valence electrons. The Bertz CT molecular complexity index is 572. The summed E-state index contributed by atoms with van der Waals surface area (Å²) in [7, 11) is 0. The number of nitrogens with two attached hydrogens (primary N) is 1. The number of para-hydroxylation sites is 1. The van der Waals surface area contributed by atoms with Crippen molar-refractivity contribution in [2.75, 3.05) is 5.73 Å². The van der Waals surface area contributed by atoms with Crippen molar-refractivity contribution in [2.45, 2.75) is 26.2 Å². The molecule has 0 saturated heterocycles. The maximum absolute atomic E-state index is 9.50. The molecule has 0 fully saturated rings. The van der Waals surface area contributed by atoms with E-state index < -0.39 is 0 Å². The van der Waals surface area contributed by atoms with E-state index in [1.165, 1.54) is 6.07 Å². The summed E-state index contributed by atoms with van der Waals surface area (Å²) in [5.41, 5.74) is 7.12. The Morgan fingerprint density at radius 3 is 2.47 bits per heavy atom. The van der Waals surface area contributed by atoms with Crippen LogP contribution in [-0.2, 0) is 5.41 Å². The van der Waals surface area contributed by atoms with Gasteiger partial charge >= 0.3 is 0 Å². The molecule has 0 bridgehead atoms. The summed E-state index contributed by atoms with van der Waals surface area (Å²) < 4.78 is 5.56. The van der Waals surface area contributed by atoms with E-state index in [4.69, 9.17) is 10.5 Å². The standard InChI is InChI=1S/C15H18N2O2/c1-15(2,3)10-7-8-13(17-9-10)19-12-6-4-5-11(18)14(12)16/h4-9,18H,16H2,1-3H3. The Hall–Kier alpha value is -2.23. The fraction of sp³-hybridized carbons (Fsp3) is 0.267. The Labute approximate surface area is 112 Å². The lowest BCUT2D eigenvalue weighted by Gasteiger charge is -2.18. The van der Waals surface area contributed by atoms with E-state index in [1.54, 1.807) is 24.4 Å². The fourth-order valence-electron chi connectivity index (χ4n) is 1.62. The van der Waals surface area contributed by atoms with Gasteiger partial charge < -0.3 is 15.6 Å². The van der Waals surface area contributed by atoms with Crippen molar-refractivity contribution in [2.24, 2.45) is 0 Å². The number of hydrogen-bond donors (Lipinski definition) is 2. The average Bonchev–Trinajstić information content (AvgIpc) is 2.35. The van der Waals surface area contributed by atoms with E-state index in [1.807, 2.05) is 6.07 Å². The second kappa shape index (κ2) is 4.80. The molecule has 3 N–H and O–H groups in total. The van der Waals surface area contributed by atoms with Crippen LogP contribution in [-0.4, -0.2) is 10.1 Å². The van der Waals surface area contributed by atoms with Crippen LogP contribution in [0.5, 0.6) is 17.4 Å². The minimum atomic E-state index is 0.00353. The lowest BCUT2D eigenvalue weighted by molar-refractivity contribution is 0.449. The predicted molar refractivity (Wildman–Crippen MR) is 75.5 cm³/mol. The highest BCUT2D eigenvalue weighted by Gasteiger charge is 2.14. The van der Waals surface area contributed by atoms with Crippen LogP contribution < -0.4 is 10.5 Å². The molecule has 4 nitrogen and oxygen atoms in total. The number of aromatic hydroxyl groups is 1. The van der Waals surface area contributed by atoms with E-state index in [0.717, 1.165) is 5.56 Å². The van der Waals surface area contributed by atoms with Crippen LogP contribution in [0.25, 0.3) is 0 Å². The van der Waals surface area contributed by atoms with Gasteiger partial charge in [-0.2, -0.15) is 0 Å². The van der Waals surface area contributed by atoms with Crippen LogP contribution >= 0.6 is 0 Å². The van der Waals surface area contributed by atoms with Crippen molar-refractivity contribution >= 4 is 5.69 Å². The Morgan fingerprint density at radius 2 is 1.89 bits per heavy atom. The number of phenolic OH excluding ortho intramolecular Hbond substituents is 1. The molecule has 0 aliphatic carbocycles. The largest absolute Gasteiger partial charge is 0.506 e. The maximum Gasteiger partial charge on any atom is 0.219 e. The molecule has 1 aromatic carbocycles. The van der Waals surface area contributed by atoms with E-state index in [0.29, 0.717) is 11.6 Å². The summed E-state index contributed by atoms with van der Waals surface area (Å²) in [5.74, 6) is 0.852. The Morgan fingerprint density at radius 1 is 1.16 bits per heavy atom. The number of nitrogens with zero attached hydrogens (tertiary/aromatic N) is 1. The third-order valence-electron chi connectivity index (χ3n) is 2.86. The third-order valence-corrected chi connectivity index (χ3v) is 2.86. The molecule has 0 saturated carbocycles. The van der Waals surface area contributed by atoms with Gasteiger partial charge in [-0.15, -0.1) is 0 Å². The van der Waals surface area contributed by atoms with Crippen LogP contribution in [0.15, 0.2) is 36.5 Å². The fourth-order valence-corrected chi connectivity index (χ4v) is 1.62. The zero-order chi connectivity index (χ0) is 14.0. The second-order valence-electron chi connectivity index (χ2n) is 5.43. The quantitative estimate of drug-likeness (QED) is 0.639. The predicted octanol–water partition coefficient (Wildman–Crippen LogP) is 3.46. The van der Waals surface area contributed by atoms with Gasteiger partial charge in [-0.05, 0) is 23.1 Å². The highest BCUT2D eigenvalue weighted by atomic mass is 16.5. The molecule has 0 aliphatic rings. The van der Waals surface area contributed by atoms with Crippen LogP contribution in [0.1, 0.15) is 26.3 Å². The number of pyridine rings is 1. The molecule has 0 spiro atoms. The summed E-state index contributed by atoms with van der Waals surface area (Å²) in [6.45, 7) is 6.37. The van der Waals surface area contributed by atoms with Gasteiger partial charge in [0.05, 0.1) is 0 Å². The van der Waals surface area contributed by atoms with Crippen molar-refractivity contribution in [1.29, 1.82) is 0 Å². The van der Waals surface area contributed by atoms with Crippen LogP contribution in [0.2, 0.25) is 0 Å². The minimum absolute atomic E-state index is 0.00353. The van der Waals surface area contributed by atoms with Crippen LogP contribution in [0.4, 0.5) is 5.69 Å². The monoisotopic (exact) mass is 258 g/mol. The Balaban J connectivity index is 2.23. The number of hydrogen-bond acceptors (Lipinski definition) is 4. The lowest BCUT2D eigenvalue weighted by atomic mass is 9.88. The highest BCUT2D eigenvalue weighted by Crippen LogP contribution is 2.33. The van der Waals surface area contributed by atoms with Gasteiger partial charge in [0.2, 0.25) is 5.88 Å². The van der Waals surface area contributed by atoms with Gasteiger partial charge in [-0.25, -0.2) is 4.98 Å². The highest BCUT2D eigenvalue weighted by molar-refractivity contribution is 5.62. The summed E-state index contributed by atoms with van der Waals surface area (Å²) in [6.07, 6.45) is 1.79. The molecule has 0 radical (unpaired) electrons. The Kier molecular flexibility index (Phi) is 3.34. The van der Waals surface area contributed by atoms with Gasteiger partial charge in [0.15, 0.2) is 5.75 Å². The van der Waals surface area contributed by atoms with Crippen LogP contribution in [0.3, 0.4) is 0 Å². The van der Waals surface area contributed by atoms with Crippen LogP contribution in [0, 0.1) is 0 Å². The number of anilines is 1.